The number of nitrogens with zero attached hydrogens (tertiary/aromatic N) is 1. The first-order valence-electron chi connectivity index (χ1n) is 7.27. The van der Waals surface area contributed by atoms with E-state index in [1.165, 1.54) is 11.8 Å². The fourth-order valence-corrected chi connectivity index (χ4v) is 3.75. The van der Waals surface area contributed by atoms with E-state index in [9.17, 15) is 4.79 Å². The van der Waals surface area contributed by atoms with E-state index >= 15 is 0 Å². The minimum absolute atomic E-state index is 0.0797. The molecule has 2 rings (SSSR count). The molecule has 0 bridgehead atoms. The van der Waals surface area contributed by atoms with Crippen LogP contribution >= 0.6 is 35.6 Å². The van der Waals surface area contributed by atoms with Gasteiger partial charge in [0.2, 0.25) is 0 Å². The van der Waals surface area contributed by atoms with Gasteiger partial charge in [-0.05, 0) is 37.1 Å². The van der Waals surface area contributed by atoms with Crippen LogP contribution in [0.25, 0.3) is 6.08 Å². The van der Waals surface area contributed by atoms with Crippen molar-refractivity contribution in [2.45, 2.75) is 20.3 Å². The van der Waals surface area contributed by atoms with Gasteiger partial charge < -0.3 is 9.47 Å². The highest BCUT2D eigenvalue weighted by molar-refractivity contribution is 8.26. The molecule has 7 heteroatoms. The third kappa shape index (κ3) is 4.00. The van der Waals surface area contributed by atoms with Gasteiger partial charge in [-0.15, -0.1) is 0 Å². The maximum absolute atomic E-state index is 12.3. The first kappa shape index (κ1) is 18.1. The lowest BCUT2D eigenvalue weighted by Crippen LogP contribution is -2.27. The predicted octanol–water partition coefficient (Wildman–Crippen LogP) is 4.36. The van der Waals surface area contributed by atoms with Crippen LogP contribution in [0.15, 0.2) is 17.0 Å². The molecule has 0 unspecified atom stereocenters. The summed E-state index contributed by atoms with van der Waals surface area (Å²) in [6.45, 7) is 5.04. The maximum atomic E-state index is 12.3. The average Bonchev–Trinajstić information content (AvgIpc) is 2.79. The Morgan fingerprint density at radius 3 is 2.70 bits per heavy atom. The van der Waals surface area contributed by atoms with Crippen molar-refractivity contribution in [2.24, 2.45) is 0 Å². The van der Waals surface area contributed by atoms with E-state index in [0.29, 0.717) is 38.9 Å². The normalized spacial score (nSPS) is 16.3. The Bertz CT molecular complexity index is 661. The lowest BCUT2D eigenvalue weighted by Gasteiger charge is -2.13. The molecule has 1 heterocycles. The first-order valence-corrected chi connectivity index (χ1v) is 8.87. The lowest BCUT2D eigenvalue weighted by atomic mass is 10.1. The molecule has 1 saturated heterocycles. The summed E-state index contributed by atoms with van der Waals surface area (Å²) in [6.07, 6.45) is 2.65. The van der Waals surface area contributed by atoms with Gasteiger partial charge in [-0.3, -0.25) is 9.69 Å². The number of thiocarbonyl (C=S) groups is 1. The molecule has 124 valence electrons. The quantitative estimate of drug-likeness (QED) is 0.548. The summed E-state index contributed by atoms with van der Waals surface area (Å²) >= 11 is 12.8. The highest BCUT2D eigenvalue weighted by atomic mass is 35.5. The van der Waals surface area contributed by atoms with Gasteiger partial charge in [0, 0.05) is 6.54 Å². The average molecular weight is 372 g/mol. The molecule has 0 aliphatic carbocycles. The first-order chi connectivity index (χ1) is 11.0. The van der Waals surface area contributed by atoms with Crippen molar-refractivity contribution in [3.8, 4) is 11.5 Å². The number of amides is 1. The van der Waals surface area contributed by atoms with Crippen molar-refractivity contribution < 1.29 is 14.3 Å². The second-order valence-corrected chi connectivity index (χ2v) is 6.89. The summed E-state index contributed by atoms with van der Waals surface area (Å²) in [4.78, 5) is 14.4. The van der Waals surface area contributed by atoms with Crippen molar-refractivity contribution in [3.05, 3.63) is 27.6 Å². The smallest absolute Gasteiger partial charge is 0.266 e. The fraction of sp³-hybridized carbons (Fsp3) is 0.375. The number of methoxy groups -OCH3 is 1. The molecule has 0 N–H and O–H groups in total. The summed E-state index contributed by atoms with van der Waals surface area (Å²) < 4.78 is 11.6. The van der Waals surface area contributed by atoms with Gasteiger partial charge in [0.05, 0.1) is 23.6 Å². The van der Waals surface area contributed by atoms with Gasteiger partial charge in [0.15, 0.2) is 11.5 Å². The zero-order valence-electron chi connectivity index (χ0n) is 13.2. The highest BCUT2D eigenvalue weighted by Crippen LogP contribution is 2.39. The van der Waals surface area contributed by atoms with Crippen LogP contribution in [-0.2, 0) is 4.79 Å². The Morgan fingerprint density at radius 2 is 2.13 bits per heavy atom. The second kappa shape index (κ2) is 8.04. The van der Waals surface area contributed by atoms with E-state index in [1.54, 1.807) is 30.2 Å². The molecule has 4 nitrogen and oxygen atoms in total. The largest absolute Gasteiger partial charge is 0.493 e. The van der Waals surface area contributed by atoms with Crippen molar-refractivity contribution in [1.29, 1.82) is 0 Å². The molecule has 0 spiro atoms. The third-order valence-corrected chi connectivity index (χ3v) is 4.85. The van der Waals surface area contributed by atoms with Gasteiger partial charge in [0.25, 0.3) is 5.91 Å². The van der Waals surface area contributed by atoms with E-state index < -0.39 is 0 Å². The Hall–Kier alpha value is -1.24. The summed E-state index contributed by atoms with van der Waals surface area (Å²) in [5.41, 5.74) is 0.771. The number of carbonyl (C=O) groups excluding carboxylic acids is 1. The zero-order valence-corrected chi connectivity index (χ0v) is 15.6. The Balaban J connectivity index is 2.34. The van der Waals surface area contributed by atoms with Crippen molar-refractivity contribution in [1.82, 2.24) is 4.90 Å². The molecule has 1 fully saturated rings. The van der Waals surface area contributed by atoms with Crippen molar-refractivity contribution in [3.63, 3.8) is 0 Å². The number of likely N-dealkylation sites (N-methyl/N-ethyl adjacent to an activating group) is 1. The van der Waals surface area contributed by atoms with Crippen LogP contribution < -0.4 is 9.47 Å². The second-order valence-electron chi connectivity index (χ2n) is 4.81. The standard InChI is InChI=1S/C16H18ClNO3S2/c1-4-6-21-14-11(17)7-10(8-12(14)20-3)9-13-15(19)18(5-2)16(22)23-13/h7-9H,4-6H2,1-3H3/b13-9-. The molecule has 0 saturated carbocycles. The number of rotatable bonds is 6. The third-order valence-electron chi connectivity index (χ3n) is 3.19. The van der Waals surface area contributed by atoms with Gasteiger partial charge in [-0.2, -0.15) is 0 Å². The van der Waals surface area contributed by atoms with E-state index in [-0.39, 0.29) is 5.91 Å². The summed E-state index contributed by atoms with van der Waals surface area (Å²) in [7, 11) is 1.56. The van der Waals surface area contributed by atoms with Crippen LogP contribution in [0.3, 0.4) is 0 Å². The molecule has 1 aliphatic heterocycles. The number of halogens is 1. The zero-order chi connectivity index (χ0) is 17.0. The summed E-state index contributed by atoms with van der Waals surface area (Å²) in [6, 6.07) is 3.56. The van der Waals surface area contributed by atoms with Gasteiger partial charge in [0.1, 0.15) is 4.32 Å². The minimum atomic E-state index is -0.0797. The molecular weight excluding hydrogens is 354 g/mol. The molecule has 1 aromatic rings. The molecule has 1 aliphatic rings. The molecular formula is C16H18ClNO3S2. The van der Waals surface area contributed by atoms with Crippen molar-refractivity contribution in [2.75, 3.05) is 20.3 Å². The Labute approximate surface area is 150 Å². The van der Waals surface area contributed by atoms with E-state index in [4.69, 9.17) is 33.3 Å². The van der Waals surface area contributed by atoms with Gasteiger partial charge in [-0.25, -0.2) is 0 Å². The topological polar surface area (TPSA) is 38.8 Å². The Kier molecular flexibility index (Phi) is 6.33. The number of hydrogen-bond donors (Lipinski definition) is 0. The number of hydrogen-bond acceptors (Lipinski definition) is 5. The van der Waals surface area contributed by atoms with Gasteiger partial charge >= 0.3 is 0 Å². The van der Waals surface area contributed by atoms with E-state index in [0.717, 1.165) is 12.0 Å². The summed E-state index contributed by atoms with van der Waals surface area (Å²) in [5, 5.41) is 0.454. The molecule has 0 aromatic heterocycles. The highest BCUT2D eigenvalue weighted by Gasteiger charge is 2.30. The van der Waals surface area contributed by atoms with Crippen LogP contribution in [0.5, 0.6) is 11.5 Å². The number of thioether (sulfide) groups is 1. The van der Waals surface area contributed by atoms with Crippen LogP contribution in [-0.4, -0.2) is 35.4 Å². The maximum Gasteiger partial charge on any atom is 0.266 e. The lowest BCUT2D eigenvalue weighted by molar-refractivity contribution is -0.121. The van der Waals surface area contributed by atoms with E-state index in [1.807, 2.05) is 13.8 Å². The van der Waals surface area contributed by atoms with E-state index in [2.05, 4.69) is 0 Å². The summed E-state index contributed by atoms with van der Waals surface area (Å²) in [5.74, 6) is 0.987. The van der Waals surface area contributed by atoms with Crippen LogP contribution in [0.4, 0.5) is 0 Å². The van der Waals surface area contributed by atoms with Crippen LogP contribution in [0, 0.1) is 0 Å². The molecule has 1 aromatic carbocycles. The van der Waals surface area contributed by atoms with Crippen LogP contribution in [0.1, 0.15) is 25.8 Å². The van der Waals surface area contributed by atoms with Gasteiger partial charge in [-0.1, -0.05) is 42.5 Å². The van der Waals surface area contributed by atoms with Crippen molar-refractivity contribution >= 4 is 51.9 Å². The minimum Gasteiger partial charge on any atom is -0.493 e. The number of ether oxygens (including phenoxy) is 2. The monoisotopic (exact) mass is 371 g/mol. The Morgan fingerprint density at radius 1 is 1.39 bits per heavy atom. The number of carbonyl (C=O) groups is 1. The molecule has 23 heavy (non-hydrogen) atoms. The molecule has 0 radical (unpaired) electrons. The fourth-order valence-electron chi connectivity index (χ4n) is 2.09. The van der Waals surface area contributed by atoms with Crippen LogP contribution in [0.2, 0.25) is 5.02 Å². The SMILES string of the molecule is CCCOc1c(Cl)cc(/C=C2\SC(=S)N(CC)C2=O)cc1OC. The number of benzene rings is 1. The predicted molar refractivity (Wildman–Crippen MR) is 99.3 cm³/mol. The molecule has 0 atom stereocenters. The molecule has 1 amide bonds.